The van der Waals surface area contributed by atoms with E-state index in [9.17, 15) is 0 Å². The highest BCUT2D eigenvalue weighted by atomic mass is 14.5. The zero-order valence-corrected chi connectivity index (χ0v) is 11.4. The molecule has 1 rings (SSSR count). The van der Waals surface area contributed by atoms with E-state index in [4.69, 9.17) is 11.0 Å². The van der Waals surface area contributed by atoms with Crippen molar-refractivity contribution in [2.45, 2.75) is 19.8 Å². The maximum atomic E-state index is 8.79. The Balaban J connectivity index is 3.21. The van der Waals surface area contributed by atoms with Gasteiger partial charge in [0, 0.05) is 6.54 Å². The summed E-state index contributed by atoms with van der Waals surface area (Å²) in [6.45, 7) is 10.4. The van der Waals surface area contributed by atoms with Crippen molar-refractivity contribution >= 4 is 0 Å². The topological polar surface area (TPSA) is 49.8 Å². The van der Waals surface area contributed by atoms with Crippen molar-refractivity contribution in [3.8, 4) is 6.07 Å². The van der Waals surface area contributed by atoms with Crippen LogP contribution >= 0.6 is 0 Å². The molecule has 0 aromatic carbocycles. The van der Waals surface area contributed by atoms with Gasteiger partial charge >= 0.3 is 0 Å². The average molecular weight is 252 g/mol. The molecular weight excluding hydrogens is 232 g/mol. The Hall–Kier alpha value is -2.11. The summed E-state index contributed by atoms with van der Waals surface area (Å²) < 4.78 is 0. The molecule has 0 radical (unpaired) electrons. The van der Waals surface area contributed by atoms with E-state index < -0.39 is 0 Å². The molecule has 0 saturated carbocycles. The van der Waals surface area contributed by atoms with Gasteiger partial charge in [0.2, 0.25) is 0 Å². The van der Waals surface area contributed by atoms with Gasteiger partial charge in [-0.15, -0.1) is 0 Å². The maximum Gasteiger partial charge on any atom is 0.0669 e. The quantitative estimate of drug-likeness (QED) is 0.758. The number of hydrogen-bond acceptors (Lipinski definition) is 2. The van der Waals surface area contributed by atoms with Gasteiger partial charge in [-0.2, -0.15) is 5.26 Å². The molecule has 0 saturated heterocycles. The van der Waals surface area contributed by atoms with Crippen LogP contribution < -0.4 is 5.73 Å². The summed E-state index contributed by atoms with van der Waals surface area (Å²) >= 11 is 0. The lowest BCUT2D eigenvalue weighted by Crippen LogP contribution is -2.05. The monoisotopic (exact) mass is 252 g/mol. The Labute approximate surface area is 115 Å². The lowest BCUT2D eigenvalue weighted by molar-refractivity contribution is 1.05. The van der Waals surface area contributed by atoms with Gasteiger partial charge in [-0.25, -0.2) is 0 Å². The third kappa shape index (κ3) is 4.24. The normalized spacial score (nSPS) is 15.1. The lowest BCUT2D eigenvalue weighted by atomic mass is 9.94. The smallest absolute Gasteiger partial charge is 0.0669 e. The van der Waals surface area contributed by atoms with Gasteiger partial charge < -0.3 is 5.73 Å². The molecule has 0 amide bonds. The fraction of sp³-hybridized carbons (Fsp3) is 0.235. The predicted octanol–water partition coefficient (Wildman–Crippen LogP) is 3.73. The van der Waals surface area contributed by atoms with Gasteiger partial charge in [-0.1, -0.05) is 43.0 Å². The van der Waals surface area contributed by atoms with Crippen LogP contribution in [-0.2, 0) is 0 Å². The van der Waals surface area contributed by atoms with Crippen LogP contribution in [-0.4, -0.2) is 6.54 Å². The minimum absolute atomic E-state index is 0.311. The number of hydrogen-bond donors (Lipinski definition) is 1. The van der Waals surface area contributed by atoms with E-state index in [1.165, 1.54) is 5.57 Å². The van der Waals surface area contributed by atoms with Crippen LogP contribution in [0.3, 0.4) is 0 Å². The second-order valence-corrected chi connectivity index (χ2v) is 4.53. The summed E-state index contributed by atoms with van der Waals surface area (Å²) in [5.41, 5.74) is 10.7. The summed E-state index contributed by atoms with van der Waals surface area (Å²) in [5, 5.41) is 8.79. The molecule has 0 fully saturated rings. The predicted molar refractivity (Wildman–Crippen MR) is 81.2 cm³/mol. The van der Waals surface area contributed by atoms with Crippen molar-refractivity contribution < 1.29 is 0 Å². The molecule has 1 aliphatic rings. The maximum absolute atomic E-state index is 8.79. The van der Waals surface area contributed by atoms with E-state index >= 15 is 0 Å². The second kappa shape index (κ2) is 7.35. The molecule has 0 unspecified atom stereocenters. The molecule has 19 heavy (non-hydrogen) atoms. The summed E-state index contributed by atoms with van der Waals surface area (Å²) in [5.74, 6) is 0. The number of allylic oxidation sites excluding steroid dienone is 9. The van der Waals surface area contributed by atoms with Crippen LogP contribution in [0.1, 0.15) is 19.8 Å². The zero-order chi connectivity index (χ0) is 14.3. The minimum Gasteiger partial charge on any atom is -0.327 e. The summed E-state index contributed by atoms with van der Waals surface area (Å²) in [7, 11) is 0. The Morgan fingerprint density at radius 3 is 2.79 bits per heavy atom. The van der Waals surface area contributed by atoms with Gasteiger partial charge in [-0.3, -0.25) is 0 Å². The van der Waals surface area contributed by atoms with Crippen LogP contribution in [0.25, 0.3) is 0 Å². The SMILES string of the molecule is C=C(C)/C(=C/C1=C(CN)CC=CC=C1)C(=C)CC#N. The molecule has 2 N–H and O–H groups in total. The van der Waals surface area contributed by atoms with Gasteiger partial charge in [0.05, 0.1) is 12.5 Å². The van der Waals surface area contributed by atoms with E-state index in [1.807, 2.05) is 31.2 Å². The minimum atomic E-state index is 0.311. The van der Waals surface area contributed by atoms with Gasteiger partial charge in [0.25, 0.3) is 0 Å². The summed E-state index contributed by atoms with van der Waals surface area (Å²) in [4.78, 5) is 0. The molecule has 0 aromatic heterocycles. The van der Waals surface area contributed by atoms with Crippen molar-refractivity contribution in [2.24, 2.45) is 5.73 Å². The average Bonchev–Trinajstić information content (AvgIpc) is 2.60. The molecule has 2 nitrogen and oxygen atoms in total. The lowest BCUT2D eigenvalue weighted by Gasteiger charge is -2.11. The first-order valence-electron chi connectivity index (χ1n) is 6.28. The van der Waals surface area contributed by atoms with E-state index in [1.54, 1.807) is 0 Å². The summed E-state index contributed by atoms with van der Waals surface area (Å²) in [6, 6.07) is 2.13. The number of nitrogens with zero attached hydrogens (tertiary/aromatic N) is 1. The van der Waals surface area contributed by atoms with E-state index in [0.29, 0.717) is 13.0 Å². The van der Waals surface area contributed by atoms with E-state index in [2.05, 4.69) is 25.3 Å². The van der Waals surface area contributed by atoms with Crippen LogP contribution in [0.5, 0.6) is 0 Å². The molecule has 0 heterocycles. The van der Waals surface area contributed by atoms with Gasteiger partial charge in [0.15, 0.2) is 0 Å². The Kier molecular flexibility index (Phi) is 5.78. The molecule has 98 valence electrons. The van der Waals surface area contributed by atoms with Gasteiger partial charge in [0.1, 0.15) is 0 Å². The standard InChI is InChI=1S/C17H20N2/c1-13(2)17(14(3)9-10-18)11-15-7-5-4-6-8-16(15)12-19/h4-7,11H,1,3,8-9,12,19H2,2H3/b17-11-. The fourth-order valence-corrected chi connectivity index (χ4v) is 1.91. The molecule has 1 aliphatic carbocycles. The van der Waals surface area contributed by atoms with Crippen molar-refractivity contribution in [2.75, 3.05) is 6.54 Å². The molecule has 0 atom stereocenters. The van der Waals surface area contributed by atoms with Gasteiger partial charge in [-0.05, 0) is 41.7 Å². The van der Waals surface area contributed by atoms with E-state index in [0.717, 1.165) is 28.7 Å². The molecule has 0 spiro atoms. The molecule has 2 heteroatoms. The number of rotatable bonds is 5. The largest absolute Gasteiger partial charge is 0.327 e. The van der Waals surface area contributed by atoms with Crippen molar-refractivity contribution in [3.05, 3.63) is 71.4 Å². The third-order valence-corrected chi connectivity index (χ3v) is 2.97. The zero-order valence-electron chi connectivity index (χ0n) is 11.4. The molecule has 0 aromatic rings. The first kappa shape index (κ1) is 14.9. The highest BCUT2D eigenvalue weighted by molar-refractivity contribution is 5.52. The Bertz CT molecular complexity index is 534. The second-order valence-electron chi connectivity index (χ2n) is 4.53. The molecule has 0 aliphatic heterocycles. The molecular formula is C17H20N2. The highest BCUT2D eigenvalue weighted by Crippen LogP contribution is 2.24. The Morgan fingerprint density at radius 2 is 2.21 bits per heavy atom. The fourth-order valence-electron chi connectivity index (χ4n) is 1.91. The first-order valence-corrected chi connectivity index (χ1v) is 6.28. The number of nitriles is 1. The van der Waals surface area contributed by atoms with Crippen LogP contribution in [0, 0.1) is 11.3 Å². The van der Waals surface area contributed by atoms with Crippen molar-refractivity contribution in [1.29, 1.82) is 5.26 Å². The van der Waals surface area contributed by atoms with Crippen molar-refractivity contribution in [3.63, 3.8) is 0 Å². The van der Waals surface area contributed by atoms with Crippen molar-refractivity contribution in [1.82, 2.24) is 0 Å². The van der Waals surface area contributed by atoms with Crippen LogP contribution in [0.2, 0.25) is 0 Å². The molecule has 0 bridgehead atoms. The Morgan fingerprint density at radius 1 is 1.47 bits per heavy atom. The van der Waals surface area contributed by atoms with Crippen LogP contribution in [0.15, 0.2) is 71.4 Å². The van der Waals surface area contributed by atoms with Crippen LogP contribution in [0.4, 0.5) is 0 Å². The summed E-state index contributed by atoms with van der Waals surface area (Å²) in [6.07, 6.45) is 11.3. The third-order valence-electron chi connectivity index (χ3n) is 2.97. The highest BCUT2D eigenvalue weighted by Gasteiger charge is 2.07. The number of nitrogens with two attached hydrogens (primary N) is 1. The van der Waals surface area contributed by atoms with E-state index in [-0.39, 0.29) is 0 Å². The first-order chi connectivity index (χ1) is 9.10.